The molecule has 0 spiro atoms. The van der Waals surface area contributed by atoms with Crippen LogP contribution in [0.5, 0.6) is 0 Å². The van der Waals surface area contributed by atoms with E-state index in [0.717, 1.165) is 4.90 Å². The molecule has 0 aromatic carbocycles. The lowest BCUT2D eigenvalue weighted by Gasteiger charge is -2.33. The predicted molar refractivity (Wildman–Crippen MR) is 61.1 cm³/mol. The molecule has 2 amide bonds. The van der Waals surface area contributed by atoms with Crippen LogP contribution in [0.2, 0.25) is 0 Å². The highest BCUT2D eigenvalue weighted by atomic mass is 16.4. The number of hydrogen-bond acceptors (Lipinski definition) is 4. The highest BCUT2D eigenvalue weighted by Crippen LogP contribution is 2.33. The van der Waals surface area contributed by atoms with Gasteiger partial charge < -0.3 is 5.11 Å². The van der Waals surface area contributed by atoms with E-state index < -0.39 is 5.97 Å². The Bertz CT molecular complexity index is 512. The minimum Gasteiger partial charge on any atom is -0.477 e. The number of amides is 2. The molecule has 1 aliphatic rings. The van der Waals surface area contributed by atoms with E-state index in [2.05, 4.69) is 10.2 Å². The van der Waals surface area contributed by atoms with Crippen LogP contribution in [-0.4, -0.2) is 33.1 Å². The second-order valence-corrected chi connectivity index (χ2v) is 5.09. The zero-order valence-corrected chi connectivity index (χ0v) is 10.1. The minimum absolute atomic E-state index is 0.0397. The molecule has 0 atom stereocenters. The number of carbonyl (C=O) groups is 3. The van der Waals surface area contributed by atoms with E-state index in [1.807, 2.05) is 13.8 Å². The van der Waals surface area contributed by atoms with Crippen LogP contribution in [0.15, 0.2) is 6.07 Å². The van der Waals surface area contributed by atoms with Crippen molar-refractivity contribution >= 4 is 23.6 Å². The van der Waals surface area contributed by atoms with Gasteiger partial charge in [0.25, 0.3) is 0 Å². The Morgan fingerprint density at radius 3 is 2.39 bits per heavy atom. The summed E-state index contributed by atoms with van der Waals surface area (Å²) in [7, 11) is 0. The molecule has 2 N–H and O–H groups in total. The van der Waals surface area contributed by atoms with Crippen LogP contribution in [-0.2, 0) is 9.59 Å². The van der Waals surface area contributed by atoms with Crippen molar-refractivity contribution in [1.29, 1.82) is 0 Å². The van der Waals surface area contributed by atoms with E-state index in [9.17, 15) is 14.4 Å². The summed E-state index contributed by atoms with van der Waals surface area (Å²) in [4.78, 5) is 35.4. The van der Waals surface area contributed by atoms with Crippen LogP contribution in [0.1, 0.15) is 37.2 Å². The van der Waals surface area contributed by atoms with Gasteiger partial charge in [0.1, 0.15) is 5.69 Å². The van der Waals surface area contributed by atoms with Crippen LogP contribution in [0.4, 0.5) is 5.82 Å². The van der Waals surface area contributed by atoms with E-state index in [1.165, 1.54) is 6.07 Å². The van der Waals surface area contributed by atoms with Crippen molar-refractivity contribution < 1.29 is 19.5 Å². The molecular formula is C11H13N3O4. The second kappa shape index (κ2) is 3.94. The predicted octanol–water partition coefficient (Wildman–Crippen LogP) is 0.787. The summed E-state index contributed by atoms with van der Waals surface area (Å²) in [5, 5.41) is 14.7. The number of imide groups is 1. The molecule has 7 heteroatoms. The Labute approximate surface area is 103 Å². The fourth-order valence-corrected chi connectivity index (χ4v) is 1.97. The van der Waals surface area contributed by atoms with E-state index in [-0.39, 0.29) is 41.6 Å². The summed E-state index contributed by atoms with van der Waals surface area (Å²) in [6.07, 6.45) is 0.460. The van der Waals surface area contributed by atoms with E-state index in [4.69, 9.17) is 5.11 Å². The van der Waals surface area contributed by atoms with Crippen LogP contribution in [0, 0.1) is 5.41 Å². The molecule has 1 aromatic heterocycles. The van der Waals surface area contributed by atoms with Gasteiger partial charge in [0.15, 0.2) is 5.82 Å². The number of nitrogens with one attached hydrogen (secondary N) is 1. The molecule has 0 aliphatic carbocycles. The summed E-state index contributed by atoms with van der Waals surface area (Å²) in [6, 6.07) is 1.18. The summed E-state index contributed by atoms with van der Waals surface area (Å²) in [5.41, 5.74) is -0.521. The average Bonchev–Trinajstić information content (AvgIpc) is 2.63. The SMILES string of the molecule is CC1(C)CC(=O)N(c2cc(C(=O)O)[nH]n2)C(=O)C1. The van der Waals surface area contributed by atoms with Gasteiger partial charge in [0, 0.05) is 18.9 Å². The first-order chi connectivity index (χ1) is 8.30. The number of aromatic carboxylic acids is 1. The zero-order valence-electron chi connectivity index (χ0n) is 10.1. The van der Waals surface area contributed by atoms with Gasteiger partial charge >= 0.3 is 5.97 Å². The number of hydrogen-bond donors (Lipinski definition) is 2. The van der Waals surface area contributed by atoms with Crippen molar-refractivity contribution in [3.63, 3.8) is 0 Å². The van der Waals surface area contributed by atoms with Crippen LogP contribution in [0.25, 0.3) is 0 Å². The first kappa shape index (κ1) is 12.3. The Kier molecular flexibility index (Phi) is 2.68. The third-order valence-electron chi connectivity index (χ3n) is 2.78. The van der Waals surface area contributed by atoms with Crippen molar-refractivity contribution in [3.05, 3.63) is 11.8 Å². The third kappa shape index (κ3) is 2.11. The molecule has 1 fully saturated rings. The first-order valence-corrected chi connectivity index (χ1v) is 5.45. The maximum atomic E-state index is 11.9. The Balaban J connectivity index is 2.30. The van der Waals surface area contributed by atoms with Crippen molar-refractivity contribution in [2.24, 2.45) is 5.41 Å². The molecule has 0 bridgehead atoms. The molecular weight excluding hydrogens is 238 g/mol. The second-order valence-electron chi connectivity index (χ2n) is 5.09. The molecule has 2 heterocycles. The van der Waals surface area contributed by atoms with Gasteiger partial charge in [0.2, 0.25) is 11.8 Å². The molecule has 2 rings (SSSR count). The largest absolute Gasteiger partial charge is 0.477 e. The minimum atomic E-state index is -1.19. The number of carbonyl (C=O) groups excluding carboxylic acids is 2. The van der Waals surface area contributed by atoms with Crippen LogP contribution >= 0.6 is 0 Å². The van der Waals surface area contributed by atoms with Crippen molar-refractivity contribution in [2.75, 3.05) is 4.90 Å². The van der Waals surface area contributed by atoms with Gasteiger partial charge in [-0.25, -0.2) is 9.69 Å². The Morgan fingerprint density at radius 1 is 1.39 bits per heavy atom. The standard InChI is InChI=1S/C11H13N3O4/c1-11(2)4-8(15)14(9(16)5-11)7-3-6(10(17)18)12-13-7/h3H,4-5H2,1-2H3,(H,12,13)(H,17,18). The number of carboxylic acids is 1. The fraction of sp³-hybridized carbons (Fsp3) is 0.455. The summed E-state index contributed by atoms with van der Waals surface area (Å²) in [6.45, 7) is 3.68. The number of piperidine rings is 1. The summed E-state index contributed by atoms with van der Waals surface area (Å²) < 4.78 is 0. The molecule has 0 unspecified atom stereocenters. The number of aromatic nitrogens is 2. The highest BCUT2D eigenvalue weighted by Gasteiger charge is 2.39. The summed E-state index contributed by atoms with van der Waals surface area (Å²) in [5.74, 6) is -1.87. The van der Waals surface area contributed by atoms with Gasteiger partial charge in [0.05, 0.1) is 0 Å². The Morgan fingerprint density at radius 2 is 1.94 bits per heavy atom. The number of anilines is 1. The van der Waals surface area contributed by atoms with Gasteiger partial charge in [-0.2, -0.15) is 5.10 Å². The van der Waals surface area contributed by atoms with Crippen LogP contribution in [0.3, 0.4) is 0 Å². The van der Waals surface area contributed by atoms with E-state index >= 15 is 0 Å². The van der Waals surface area contributed by atoms with Gasteiger partial charge in [-0.05, 0) is 5.41 Å². The molecule has 1 saturated heterocycles. The molecule has 1 aliphatic heterocycles. The first-order valence-electron chi connectivity index (χ1n) is 5.45. The number of carboxylic acid groups (broad SMARTS) is 1. The van der Waals surface area contributed by atoms with Gasteiger partial charge in [-0.3, -0.25) is 14.7 Å². The highest BCUT2D eigenvalue weighted by molar-refractivity contribution is 6.16. The van der Waals surface area contributed by atoms with Gasteiger partial charge in [-0.1, -0.05) is 13.8 Å². The zero-order chi connectivity index (χ0) is 13.5. The Hall–Kier alpha value is -2.18. The van der Waals surface area contributed by atoms with Gasteiger partial charge in [-0.15, -0.1) is 0 Å². The monoisotopic (exact) mass is 251 g/mol. The molecule has 18 heavy (non-hydrogen) atoms. The van der Waals surface area contributed by atoms with E-state index in [1.54, 1.807) is 0 Å². The van der Waals surface area contributed by atoms with E-state index in [0.29, 0.717) is 0 Å². The molecule has 0 saturated carbocycles. The van der Waals surface area contributed by atoms with Crippen LogP contribution < -0.4 is 4.90 Å². The topological polar surface area (TPSA) is 103 Å². The maximum Gasteiger partial charge on any atom is 0.353 e. The van der Waals surface area contributed by atoms with Crippen molar-refractivity contribution in [1.82, 2.24) is 10.2 Å². The molecule has 0 radical (unpaired) electrons. The number of aromatic amines is 1. The molecule has 7 nitrogen and oxygen atoms in total. The maximum absolute atomic E-state index is 11.9. The number of nitrogens with zero attached hydrogens (tertiary/aromatic N) is 2. The number of H-pyrrole nitrogens is 1. The van der Waals surface area contributed by atoms with Crippen molar-refractivity contribution in [2.45, 2.75) is 26.7 Å². The lowest BCUT2D eigenvalue weighted by molar-refractivity contribution is -0.132. The third-order valence-corrected chi connectivity index (χ3v) is 2.78. The van der Waals surface area contributed by atoms with Crippen molar-refractivity contribution in [3.8, 4) is 0 Å². The lowest BCUT2D eigenvalue weighted by Crippen LogP contribution is -2.46. The smallest absolute Gasteiger partial charge is 0.353 e. The average molecular weight is 251 g/mol. The summed E-state index contributed by atoms with van der Waals surface area (Å²) >= 11 is 0. The normalized spacial score (nSPS) is 19.1. The molecule has 96 valence electrons. The fourth-order valence-electron chi connectivity index (χ4n) is 1.97. The quantitative estimate of drug-likeness (QED) is 0.756. The molecule has 1 aromatic rings. The number of rotatable bonds is 2. The lowest BCUT2D eigenvalue weighted by atomic mass is 9.82.